The molecule has 0 radical (unpaired) electrons. The fourth-order valence-corrected chi connectivity index (χ4v) is 15.6. The Morgan fingerprint density at radius 1 is 0.423 bits per heavy atom. The maximum Gasteiger partial charge on any atom is 0.256 e. The Hall–Kier alpha value is -9.09. The van der Waals surface area contributed by atoms with Gasteiger partial charge in [-0.15, -0.1) is 11.3 Å². The van der Waals surface area contributed by atoms with Crippen LogP contribution >= 0.6 is 18.5 Å². The van der Waals surface area contributed by atoms with Gasteiger partial charge in [0.15, 0.2) is 0 Å². The maximum atomic E-state index is 12.9. The molecule has 1 saturated carbocycles. The number of fused-ring (bicyclic) bond motifs is 7. The van der Waals surface area contributed by atoms with E-state index in [9.17, 15) is 18.9 Å². The fourth-order valence-electron chi connectivity index (χ4n) is 14.1. The molecule has 2 aliphatic heterocycles. The Balaban J connectivity index is 0.000000150. The molecule has 0 atom stereocenters. The zero-order valence-electron chi connectivity index (χ0n) is 71.5. The van der Waals surface area contributed by atoms with Crippen molar-refractivity contribution in [3.05, 3.63) is 261 Å². The van der Waals surface area contributed by atoms with E-state index in [0.29, 0.717) is 23.8 Å². The van der Waals surface area contributed by atoms with Crippen molar-refractivity contribution in [2.45, 2.75) is 215 Å². The van der Waals surface area contributed by atoms with Crippen molar-refractivity contribution in [2.75, 3.05) is 40.6 Å². The number of benzene rings is 8. The van der Waals surface area contributed by atoms with Crippen molar-refractivity contribution in [3.8, 4) is 0 Å². The molecule has 1 fully saturated rings. The number of carbonyl (C=O) groups is 3. The van der Waals surface area contributed by atoms with E-state index in [-0.39, 0.29) is 55.6 Å². The van der Waals surface area contributed by atoms with Crippen molar-refractivity contribution in [2.24, 2.45) is 7.05 Å². The number of amides is 3. The molecule has 3 amide bonds. The third-order valence-electron chi connectivity index (χ3n) is 20.8. The van der Waals surface area contributed by atoms with Gasteiger partial charge in [-0.3, -0.25) is 24.4 Å². The third kappa shape index (κ3) is 21.8. The Bertz CT molecular complexity index is 5320. The predicted molar refractivity (Wildman–Crippen MR) is 474 cm³/mol. The summed E-state index contributed by atoms with van der Waals surface area (Å²) < 4.78 is 15.6. The summed E-state index contributed by atoms with van der Waals surface area (Å²) in [5, 5.41) is 7.12. The fraction of sp³-hybridized carbons (Fsp3) is 0.408. The first kappa shape index (κ1) is 85.9. The Labute approximate surface area is 668 Å². The van der Waals surface area contributed by atoms with E-state index in [1.807, 2.05) is 61.6 Å². The van der Waals surface area contributed by atoms with Crippen LogP contribution in [0.2, 0.25) is 0 Å². The molecule has 3 aliphatic rings. The van der Waals surface area contributed by atoms with Gasteiger partial charge in [-0.1, -0.05) is 273 Å². The lowest BCUT2D eigenvalue weighted by molar-refractivity contribution is 0.0650. The largest absolute Gasteiger partial charge is 0.350 e. The second-order valence-corrected chi connectivity index (χ2v) is 42.0. The summed E-state index contributed by atoms with van der Waals surface area (Å²) in [6.07, 6.45) is 10.3. The number of hydrogen-bond acceptors (Lipinski definition) is 8. The smallest absolute Gasteiger partial charge is 0.256 e. The van der Waals surface area contributed by atoms with Gasteiger partial charge in [-0.2, -0.15) is 0 Å². The molecule has 8 aromatic carbocycles. The van der Waals surface area contributed by atoms with Gasteiger partial charge in [0.05, 0.1) is 50.1 Å². The number of aromatic nitrogens is 4. The number of nitrogens with zero attached hydrogens (tertiary/aromatic N) is 7. The van der Waals surface area contributed by atoms with Crippen molar-refractivity contribution >= 4 is 95.2 Å². The first-order valence-electron chi connectivity index (χ1n) is 39.4. The molecule has 111 heavy (non-hydrogen) atoms. The summed E-state index contributed by atoms with van der Waals surface area (Å²) >= 11 is 1.70. The van der Waals surface area contributed by atoms with Crippen LogP contribution in [-0.2, 0) is 55.9 Å². The van der Waals surface area contributed by atoms with Crippen molar-refractivity contribution in [3.63, 3.8) is 0 Å². The topological polar surface area (TPSA) is 122 Å². The number of carbonyl (C=O) groups excluding carboxylic acids is 3. The summed E-state index contributed by atoms with van der Waals surface area (Å²) in [4.78, 5) is 56.2. The molecule has 11 nitrogen and oxygen atoms in total. The molecular weight excluding hydrogens is 1400 g/mol. The Kier molecular flexibility index (Phi) is 26.4. The van der Waals surface area contributed by atoms with E-state index in [1.165, 1.54) is 88.9 Å². The lowest BCUT2D eigenvalue weighted by Gasteiger charge is -2.26. The summed E-state index contributed by atoms with van der Waals surface area (Å²) in [6.45, 7) is 51.0. The highest BCUT2D eigenvalue weighted by Gasteiger charge is 2.38. The van der Waals surface area contributed by atoms with Gasteiger partial charge in [-0.05, 0) is 186 Å². The molecule has 12 aromatic rings. The molecule has 6 heterocycles. The summed E-state index contributed by atoms with van der Waals surface area (Å²) in [5.74, 6) is 0.0950. The molecule has 1 aliphatic carbocycles. The van der Waals surface area contributed by atoms with Crippen LogP contribution in [0.5, 0.6) is 0 Å². The third-order valence-corrected chi connectivity index (χ3v) is 23.2. The van der Waals surface area contributed by atoms with Gasteiger partial charge >= 0.3 is 0 Å². The summed E-state index contributed by atoms with van der Waals surface area (Å²) in [7, 11) is 3.37. The van der Waals surface area contributed by atoms with E-state index in [1.54, 1.807) is 41.3 Å². The van der Waals surface area contributed by atoms with Crippen LogP contribution in [0, 0.1) is 0 Å². The molecule has 15 rings (SSSR count). The maximum absolute atomic E-state index is 12.9. The van der Waals surface area contributed by atoms with Crippen LogP contribution in [-0.4, -0.2) is 98.6 Å². The Morgan fingerprint density at radius 3 is 1.51 bits per heavy atom. The van der Waals surface area contributed by atoms with Crippen molar-refractivity contribution < 1.29 is 18.9 Å². The zero-order chi connectivity index (χ0) is 81.7. The monoisotopic (exact) mass is 1530 g/mol. The highest BCUT2D eigenvalue weighted by molar-refractivity contribution is 7.70. The number of para-hydroxylation sites is 2. The molecule has 13 heteroatoms. The number of thiazole rings is 1. The minimum absolute atomic E-state index is 0.0283. The van der Waals surface area contributed by atoms with Crippen LogP contribution in [0.4, 0.5) is 0 Å². The molecular formula is C98H124N7O4PS. The number of aryl methyl sites for hydroxylation is 2. The van der Waals surface area contributed by atoms with E-state index in [2.05, 4.69) is 323 Å². The SMILES string of the molecule is CC(C)(C)c1ccc2ccc(P(C)(C)=O)cc2c1.CC(C)(C)c1ccc2cccnc2c1.CC(C)(C)c1ccc2scnc2c1.CC(C)(C)c1cccc2c1C(=O)N(C1CC1)CCC2.CC(C)(C)c1cccc2cccnc12.CN1CN(C)C(=O)c2c(cccc2C(C)(C)C)C1=O.Cn1ccc2cccc(C(C)(C)C)c21. The molecule has 0 unspecified atom stereocenters. The second-order valence-electron chi connectivity index (χ2n) is 37.9. The quantitative estimate of drug-likeness (QED) is 0.158. The number of rotatable bonds is 2. The normalized spacial score (nSPS) is 14.4. The molecule has 4 aromatic heterocycles. The molecule has 0 spiro atoms. The number of hydrogen-bond donors (Lipinski definition) is 0. The predicted octanol–water partition coefficient (Wildman–Crippen LogP) is 24.2. The Morgan fingerprint density at radius 2 is 0.919 bits per heavy atom. The average Bonchev–Trinajstić information content (AvgIpc) is 1.75. The van der Waals surface area contributed by atoms with Crippen LogP contribution in [0.15, 0.2) is 200 Å². The van der Waals surface area contributed by atoms with Crippen LogP contribution < -0.4 is 5.30 Å². The lowest BCUT2D eigenvalue weighted by Crippen LogP contribution is -2.36. The van der Waals surface area contributed by atoms with Crippen LogP contribution in [0.25, 0.3) is 53.7 Å². The second kappa shape index (κ2) is 34.1. The standard InChI is InChI=1S/C17H23NO.C16H21OP.C15H20N2O2.C13H17N.2C13H15N.C11H13NS/c1-17(2,3)14-8-4-6-12-7-5-11-18(13-9-10-13)16(19)15(12)14;1-16(2,3)14-8-6-12-7-9-15(18(4,5)17)11-13(12)10-14;1-15(2,3)11-8-6-7-10-12(11)14(19)17(5)9-16(4)13(10)18;1-13(2,3)11-7-5-6-10-8-9-14(4)12(10)11;1-13(2,3)11-8-4-6-10-7-5-9-14-12(10)11;1-13(2,3)11-7-6-10-5-4-8-14-12(10)9-11;1-11(2,3)8-4-5-10-9(6-8)12-7-13-10/h4,6,8,13H,5,7,9-11H2,1-3H3;6-11H,1-5H3;6-8H,9H2,1-5H3;5-9H,1-4H3;2*4-9H,1-3H3;4-7H,1-3H3. The minimum Gasteiger partial charge on any atom is -0.350 e. The van der Waals surface area contributed by atoms with Gasteiger partial charge in [-0.25, -0.2) is 4.98 Å². The van der Waals surface area contributed by atoms with E-state index in [4.69, 9.17) is 0 Å². The van der Waals surface area contributed by atoms with E-state index in [0.717, 1.165) is 52.4 Å². The zero-order valence-corrected chi connectivity index (χ0v) is 73.2. The summed E-state index contributed by atoms with van der Waals surface area (Å²) in [6, 6.07) is 61.4. The van der Waals surface area contributed by atoms with Gasteiger partial charge in [0.2, 0.25) is 0 Å². The van der Waals surface area contributed by atoms with Crippen LogP contribution in [0.1, 0.15) is 240 Å². The molecule has 586 valence electrons. The lowest BCUT2D eigenvalue weighted by atomic mass is 9.81. The summed E-state index contributed by atoms with van der Waals surface area (Å²) in [5.41, 5.74) is 19.6. The van der Waals surface area contributed by atoms with E-state index >= 15 is 0 Å². The highest BCUT2D eigenvalue weighted by atomic mass is 32.1. The highest BCUT2D eigenvalue weighted by Crippen LogP contribution is 2.39. The van der Waals surface area contributed by atoms with Gasteiger partial charge in [0.25, 0.3) is 17.7 Å². The molecule has 0 N–H and O–H groups in total. The van der Waals surface area contributed by atoms with Gasteiger partial charge in [0.1, 0.15) is 7.14 Å². The van der Waals surface area contributed by atoms with Crippen LogP contribution in [0.3, 0.4) is 0 Å². The number of pyridine rings is 2. The van der Waals surface area contributed by atoms with Crippen molar-refractivity contribution in [1.82, 2.24) is 34.2 Å². The molecule has 0 bridgehead atoms. The van der Waals surface area contributed by atoms with E-state index < -0.39 is 7.14 Å². The van der Waals surface area contributed by atoms with Gasteiger partial charge < -0.3 is 23.8 Å². The van der Waals surface area contributed by atoms with Crippen molar-refractivity contribution in [1.29, 1.82) is 0 Å². The average molecular weight is 1530 g/mol. The molecule has 0 saturated heterocycles. The van der Waals surface area contributed by atoms with Gasteiger partial charge in [0, 0.05) is 74.0 Å². The first-order chi connectivity index (χ1) is 51.6. The first-order valence-corrected chi connectivity index (χ1v) is 42.9. The minimum atomic E-state index is -2.18.